The average Bonchev–Trinajstić information content (AvgIpc) is 2.46. The average molecular weight is 335 g/mol. The summed E-state index contributed by atoms with van der Waals surface area (Å²) in [7, 11) is -3.83. The molecule has 1 aromatic rings. The molecule has 8 heteroatoms. The molecule has 0 aliphatic carbocycles. The smallest absolute Gasteiger partial charge is 0.258 e. The number of carbonyl (C=O) groups excluding carboxylic acids is 1. The molecule has 0 aromatic heterocycles. The van der Waals surface area contributed by atoms with E-state index >= 15 is 0 Å². The first-order valence-corrected chi connectivity index (χ1v) is 8.42. The van der Waals surface area contributed by atoms with Crippen LogP contribution in [0.2, 0.25) is 5.02 Å². The van der Waals surface area contributed by atoms with E-state index in [1.54, 1.807) is 6.07 Å². The van der Waals surface area contributed by atoms with Crippen LogP contribution in [-0.2, 0) is 14.8 Å². The van der Waals surface area contributed by atoms with Crippen molar-refractivity contribution < 1.29 is 18.4 Å². The van der Waals surface area contributed by atoms with Crippen LogP contribution in [0.1, 0.15) is 26.2 Å². The van der Waals surface area contributed by atoms with Crippen LogP contribution in [0.25, 0.3) is 0 Å². The molecule has 0 atom stereocenters. The summed E-state index contributed by atoms with van der Waals surface area (Å²) >= 11 is 5.81. The summed E-state index contributed by atoms with van der Waals surface area (Å²) in [4.78, 5) is 11.3. The highest BCUT2D eigenvalue weighted by molar-refractivity contribution is 7.89. The van der Waals surface area contributed by atoms with Crippen molar-refractivity contribution in [2.45, 2.75) is 31.1 Å². The van der Waals surface area contributed by atoms with Crippen LogP contribution in [0, 0.1) is 0 Å². The van der Waals surface area contributed by atoms with Crippen molar-refractivity contribution in [3.63, 3.8) is 0 Å². The lowest BCUT2D eigenvalue weighted by Gasteiger charge is -2.21. The van der Waals surface area contributed by atoms with E-state index in [1.165, 1.54) is 23.7 Å². The quantitative estimate of drug-likeness (QED) is 0.432. The molecule has 1 amide bonds. The molecule has 118 valence electrons. The number of hydroxylamine groups is 1. The second kappa shape index (κ2) is 8.33. The number of nitrogens with one attached hydrogen (secondary N) is 1. The Bertz CT molecular complexity index is 577. The fourth-order valence-electron chi connectivity index (χ4n) is 1.79. The normalized spacial score (nSPS) is 11.6. The number of hydrogen-bond acceptors (Lipinski definition) is 4. The summed E-state index contributed by atoms with van der Waals surface area (Å²) in [6.45, 7) is 1.77. The fraction of sp³-hybridized carbons (Fsp3) is 0.462. The molecule has 0 bridgehead atoms. The van der Waals surface area contributed by atoms with Gasteiger partial charge in [-0.3, -0.25) is 10.0 Å². The minimum atomic E-state index is -3.83. The molecule has 0 saturated carbocycles. The second-order valence-corrected chi connectivity index (χ2v) is 6.91. The summed E-state index contributed by atoms with van der Waals surface area (Å²) in [6, 6.07) is 5.86. The summed E-state index contributed by atoms with van der Waals surface area (Å²) < 4.78 is 26.1. The minimum Gasteiger partial charge on any atom is -0.289 e. The van der Waals surface area contributed by atoms with Gasteiger partial charge in [-0.05, 0) is 24.6 Å². The molecule has 1 aromatic carbocycles. The Morgan fingerprint density at radius 3 is 2.67 bits per heavy atom. The first-order valence-electron chi connectivity index (χ1n) is 6.60. The van der Waals surface area contributed by atoms with Crippen LogP contribution < -0.4 is 5.48 Å². The van der Waals surface area contributed by atoms with E-state index in [9.17, 15) is 13.2 Å². The molecular weight excluding hydrogens is 316 g/mol. The number of nitrogens with zero attached hydrogens (tertiary/aromatic N) is 1. The van der Waals surface area contributed by atoms with Gasteiger partial charge in [0.05, 0.1) is 11.4 Å². The van der Waals surface area contributed by atoms with Crippen LogP contribution in [0.3, 0.4) is 0 Å². The number of hydrogen-bond donors (Lipinski definition) is 2. The third-order valence-electron chi connectivity index (χ3n) is 2.89. The Kier molecular flexibility index (Phi) is 7.10. The Balaban J connectivity index is 3.01. The number of unbranched alkanes of at least 4 members (excludes halogenated alkanes) is 2. The first-order chi connectivity index (χ1) is 9.91. The zero-order valence-electron chi connectivity index (χ0n) is 11.8. The monoisotopic (exact) mass is 334 g/mol. The Labute approximate surface area is 129 Å². The fourth-order valence-corrected chi connectivity index (χ4v) is 3.53. The zero-order valence-corrected chi connectivity index (χ0v) is 13.3. The molecule has 21 heavy (non-hydrogen) atoms. The molecule has 2 N–H and O–H groups in total. The predicted molar refractivity (Wildman–Crippen MR) is 79.7 cm³/mol. The van der Waals surface area contributed by atoms with Crippen LogP contribution in [0.15, 0.2) is 29.2 Å². The summed E-state index contributed by atoms with van der Waals surface area (Å²) in [5.74, 6) is -0.780. The molecule has 0 spiro atoms. The number of benzene rings is 1. The zero-order chi connectivity index (χ0) is 15.9. The summed E-state index contributed by atoms with van der Waals surface area (Å²) in [5, 5.41) is 8.90. The second-order valence-electron chi connectivity index (χ2n) is 4.54. The highest BCUT2D eigenvalue weighted by Crippen LogP contribution is 2.20. The van der Waals surface area contributed by atoms with Crippen molar-refractivity contribution in [1.29, 1.82) is 0 Å². The first kappa shape index (κ1) is 17.9. The van der Waals surface area contributed by atoms with Crippen molar-refractivity contribution >= 4 is 27.5 Å². The van der Waals surface area contributed by atoms with E-state index in [-0.39, 0.29) is 11.4 Å². The van der Waals surface area contributed by atoms with Gasteiger partial charge in [0.2, 0.25) is 10.0 Å². The Morgan fingerprint density at radius 2 is 2.10 bits per heavy atom. The molecule has 0 heterocycles. The third-order valence-corrected chi connectivity index (χ3v) is 4.97. The molecule has 0 unspecified atom stereocenters. The van der Waals surface area contributed by atoms with Gasteiger partial charge >= 0.3 is 0 Å². The maximum absolute atomic E-state index is 12.5. The maximum Gasteiger partial charge on any atom is 0.258 e. The third kappa shape index (κ3) is 5.28. The Hall–Kier alpha value is -1.15. The van der Waals surface area contributed by atoms with E-state index < -0.39 is 22.5 Å². The molecule has 0 saturated heterocycles. The molecule has 1 rings (SSSR count). The highest BCUT2D eigenvalue weighted by Gasteiger charge is 2.26. The van der Waals surface area contributed by atoms with Gasteiger partial charge in [-0.15, -0.1) is 0 Å². The number of rotatable bonds is 8. The molecular formula is C13H19ClN2O4S. The van der Waals surface area contributed by atoms with Crippen LogP contribution in [0.5, 0.6) is 0 Å². The van der Waals surface area contributed by atoms with Gasteiger partial charge in [0.25, 0.3) is 5.91 Å². The van der Waals surface area contributed by atoms with E-state index in [4.69, 9.17) is 16.8 Å². The van der Waals surface area contributed by atoms with E-state index in [1.807, 2.05) is 6.92 Å². The van der Waals surface area contributed by atoms with Gasteiger partial charge < -0.3 is 0 Å². The van der Waals surface area contributed by atoms with E-state index in [2.05, 4.69) is 0 Å². The van der Waals surface area contributed by atoms with Gasteiger partial charge in [-0.1, -0.05) is 37.4 Å². The van der Waals surface area contributed by atoms with E-state index in [0.29, 0.717) is 11.4 Å². The van der Waals surface area contributed by atoms with Crippen molar-refractivity contribution in [2.75, 3.05) is 13.1 Å². The van der Waals surface area contributed by atoms with Crippen molar-refractivity contribution in [2.24, 2.45) is 0 Å². The SMILES string of the molecule is CCCCCN(CC(=O)NO)S(=O)(=O)c1cccc(Cl)c1. The minimum absolute atomic E-state index is 0.0252. The summed E-state index contributed by atoms with van der Waals surface area (Å²) in [5.41, 5.74) is 1.45. The molecule has 0 fully saturated rings. The summed E-state index contributed by atoms with van der Waals surface area (Å²) in [6.07, 6.45) is 2.41. The van der Waals surface area contributed by atoms with Crippen molar-refractivity contribution in [1.82, 2.24) is 9.79 Å². The van der Waals surface area contributed by atoms with E-state index in [0.717, 1.165) is 17.1 Å². The van der Waals surface area contributed by atoms with Crippen molar-refractivity contribution in [3.8, 4) is 0 Å². The number of sulfonamides is 1. The van der Waals surface area contributed by atoms with Gasteiger partial charge in [0.1, 0.15) is 0 Å². The highest BCUT2D eigenvalue weighted by atomic mass is 35.5. The van der Waals surface area contributed by atoms with Gasteiger partial charge in [0.15, 0.2) is 0 Å². The lowest BCUT2D eigenvalue weighted by atomic mass is 10.2. The van der Waals surface area contributed by atoms with Crippen LogP contribution >= 0.6 is 11.6 Å². The molecule has 6 nitrogen and oxygen atoms in total. The van der Waals surface area contributed by atoms with Crippen LogP contribution in [-0.4, -0.2) is 36.9 Å². The standard InChI is InChI=1S/C13H19ClN2O4S/c1-2-3-4-8-16(10-13(17)15-18)21(19,20)12-7-5-6-11(14)9-12/h5-7,9,18H,2-4,8,10H2,1H3,(H,15,17). The Morgan fingerprint density at radius 1 is 1.38 bits per heavy atom. The van der Waals surface area contributed by atoms with Crippen LogP contribution in [0.4, 0.5) is 0 Å². The lowest BCUT2D eigenvalue weighted by molar-refractivity contribution is -0.129. The van der Waals surface area contributed by atoms with Crippen molar-refractivity contribution in [3.05, 3.63) is 29.3 Å². The van der Waals surface area contributed by atoms with Gasteiger partial charge in [0, 0.05) is 11.6 Å². The largest absolute Gasteiger partial charge is 0.289 e. The maximum atomic E-state index is 12.5. The lowest BCUT2D eigenvalue weighted by Crippen LogP contribution is -2.40. The number of halogens is 1. The topological polar surface area (TPSA) is 86.7 Å². The molecule has 0 radical (unpaired) electrons. The number of amides is 1. The predicted octanol–water partition coefficient (Wildman–Crippen LogP) is 2.03. The molecule has 0 aliphatic rings. The van der Waals surface area contributed by atoms with Gasteiger partial charge in [-0.25, -0.2) is 13.9 Å². The van der Waals surface area contributed by atoms with Gasteiger partial charge in [-0.2, -0.15) is 4.31 Å². The molecule has 0 aliphatic heterocycles. The number of carbonyl (C=O) groups is 1.